The number of benzene rings is 1. The van der Waals surface area contributed by atoms with Crippen molar-refractivity contribution in [2.45, 2.75) is 60.2 Å². The summed E-state index contributed by atoms with van der Waals surface area (Å²) in [6.45, 7) is 12.6. The molecule has 0 heterocycles. The molecule has 1 aromatic rings. The van der Waals surface area contributed by atoms with E-state index in [2.05, 4.69) is 26.1 Å². The van der Waals surface area contributed by atoms with Gasteiger partial charge in [-0.05, 0) is 30.0 Å². The Balaban J connectivity index is 3.04. The lowest BCUT2D eigenvalue weighted by molar-refractivity contribution is 0.326. The Morgan fingerprint density at radius 3 is 1.95 bits per heavy atom. The van der Waals surface area contributed by atoms with Gasteiger partial charge >= 0.3 is 0 Å². The number of nitrogens with zero attached hydrogens (tertiary/aromatic N) is 1. The van der Waals surface area contributed by atoms with E-state index in [0.29, 0.717) is 12.1 Å². The molecule has 0 radical (unpaired) electrons. The fraction of sp³-hybridized carbons (Fsp3) is 0.647. The first-order valence-electron chi connectivity index (χ1n) is 7.48. The summed E-state index contributed by atoms with van der Waals surface area (Å²) < 4.78 is 28.6. The summed E-state index contributed by atoms with van der Waals surface area (Å²) in [6.07, 6.45) is 0. The lowest BCUT2D eigenvalue weighted by atomic mass is 9.87. The first kappa shape index (κ1) is 17.9. The van der Waals surface area contributed by atoms with E-state index in [9.17, 15) is 8.78 Å². The van der Waals surface area contributed by atoms with Gasteiger partial charge in [0.15, 0.2) is 0 Å². The number of anilines is 1. The minimum absolute atomic E-state index is 0.0149. The molecule has 0 amide bonds. The van der Waals surface area contributed by atoms with Gasteiger partial charge in [0.1, 0.15) is 17.3 Å². The van der Waals surface area contributed by atoms with Crippen LogP contribution in [0.4, 0.5) is 14.5 Å². The predicted molar refractivity (Wildman–Crippen MR) is 85.7 cm³/mol. The lowest BCUT2D eigenvalue weighted by Crippen LogP contribution is -2.40. The Morgan fingerprint density at radius 2 is 1.57 bits per heavy atom. The first-order valence-corrected chi connectivity index (χ1v) is 7.48. The molecule has 0 saturated carbocycles. The fourth-order valence-corrected chi connectivity index (χ4v) is 2.15. The van der Waals surface area contributed by atoms with Crippen molar-refractivity contribution in [2.75, 3.05) is 11.9 Å². The zero-order chi connectivity index (χ0) is 16.4. The second-order valence-electron chi connectivity index (χ2n) is 7.10. The van der Waals surface area contributed by atoms with E-state index >= 15 is 0 Å². The predicted octanol–water partition coefficient (Wildman–Crippen LogP) is 4.33. The summed E-state index contributed by atoms with van der Waals surface area (Å²) >= 11 is 0. The van der Waals surface area contributed by atoms with E-state index in [4.69, 9.17) is 0 Å². The van der Waals surface area contributed by atoms with E-state index in [1.807, 2.05) is 20.8 Å². The second-order valence-corrected chi connectivity index (χ2v) is 7.10. The Hall–Kier alpha value is -1.16. The summed E-state index contributed by atoms with van der Waals surface area (Å²) in [4.78, 5) is 1.68. The van der Waals surface area contributed by atoms with Crippen molar-refractivity contribution in [3.63, 3.8) is 0 Å². The van der Waals surface area contributed by atoms with Crippen LogP contribution in [-0.4, -0.2) is 19.1 Å². The molecule has 1 aromatic carbocycles. The summed E-state index contributed by atoms with van der Waals surface area (Å²) in [6, 6.07) is 3.12. The van der Waals surface area contributed by atoms with Gasteiger partial charge in [-0.1, -0.05) is 34.6 Å². The average Bonchev–Trinajstić information content (AvgIpc) is 2.33. The number of hydrogen-bond donors (Lipinski definition) is 1. The molecule has 2 nitrogen and oxygen atoms in total. The second kappa shape index (κ2) is 6.73. The minimum atomic E-state index is -0.505. The summed E-state index contributed by atoms with van der Waals surface area (Å²) in [5, 5.41) is 3.16. The third-order valence-corrected chi connectivity index (χ3v) is 3.98. The number of hydrogen-bond acceptors (Lipinski definition) is 2. The van der Waals surface area contributed by atoms with Crippen LogP contribution in [0.1, 0.15) is 47.1 Å². The van der Waals surface area contributed by atoms with Gasteiger partial charge < -0.3 is 10.2 Å². The smallest absolute Gasteiger partial charge is 0.149 e. The van der Waals surface area contributed by atoms with Gasteiger partial charge in [-0.25, -0.2) is 8.78 Å². The molecule has 0 aliphatic carbocycles. The van der Waals surface area contributed by atoms with Gasteiger partial charge in [-0.15, -0.1) is 0 Å². The molecule has 1 atom stereocenters. The summed E-state index contributed by atoms with van der Waals surface area (Å²) in [7, 11) is 1.74. The minimum Gasteiger partial charge on any atom is -0.367 e. The summed E-state index contributed by atoms with van der Waals surface area (Å²) in [5.74, 6) is -1.01. The van der Waals surface area contributed by atoms with Crippen LogP contribution in [0.15, 0.2) is 12.1 Å². The van der Waals surface area contributed by atoms with Crippen molar-refractivity contribution in [3.05, 3.63) is 29.3 Å². The van der Waals surface area contributed by atoms with Gasteiger partial charge in [0.25, 0.3) is 0 Å². The standard InChI is InChI=1S/C17H28F2N2/c1-11(2)20-10-13-8-14(18)16(15(19)9-13)21(7)12(3)17(4,5)6/h8-9,11-12,20H,10H2,1-7H3. The highest BCUT2D eigenvalue weighted by Gasteiger charge is 2.27. The van der Waals surface area contributed by atoms with Crippen molar-refractivity contribution in [1.82, 2.24) is 5.32 Å². The third kappa shape index (κ3) is 4.67. The van der Waals surface area contributed by atoms with E-state index in [1.54, 1.807) is 11.9 Å². The highest BCUT2D eigenvalue weighted by molar-refractivity contribution is 5.51. The Morgan fingerprint density at radius 1 is 1.10 bits per heavy atom. The quantitative estimate of drug-likeness (QED) is 0.870. The van der Waals surface area contributed by atoms with Crippen LogP contribution in [0, 0.1) is 17.0 Å². The molecule has 4 heteroatoms. The maximum atomic E-state index is 14.3. The maximum Gasteiger partial charge on any atom is 0.149 e. The highest BCUT2D eigenvalue weighted by Crippen LogP contribution is 2.31. The molecule has 0 fully saturated rings. The van der Waals surface area contributed by atoms with Gasteiger partial charge in [-0.3, -0.25) is 0 Å². The Bertz CT molecular complexity index is 455. The van der Waals surface area contributed by atoms with Crippen LogP contribution >= 0.6 is 0 Å². The van der Waals surface area contributed by atoms with Crippen LogP contribution < -0.4 is 10.2 Å². The zero-order valence-electron chi connectivity index (χ0n) is 14.2. The molecule has 1 rings (SSSR count). The van der Waals surface area contributed by atoms with Crippen molar-refractivity contribution in [3.8, 4) is 0 Å². The summed E-state index contributed by atoms with van der Waals surface area (Å²) in [5.41, 5.74) is 0.607. The molecule has 0 bridgehead atoms. The van der Waals surface area contributed by atoms with Crippen LogP contribution in [-0.2, 0) is 6.54 Å². The van der Waals surface area contributed by atoms with E-state index < -0.39 is 11.6 Å². The monoisotopic (exact) mass is 298 g/mol. The third-order valence-electron chi connectivity index (χ3n) is 3.98. The van der Waals surface area contributed by atoms with E-state index in [1.165, 1.54) is 12.1 Å². The Labute approximate surface area is 127 Å². The van der Waals surface area contributed by atoms with Crippen LogP contribution in [0.3, 0.4) is 0 Å². The highest BCUT2D eigenvalue weighted by atomic mass is 19.1. The topological polar surface area (TPSA) is 15.3 Å². The van der Waals surface area contributed by atoms with Crippen molar-refractivity contribution >= 4 is 5.69 Å². The van der Waals surface area contributed by atoms with Crippen molar-refractivity contribution in [2.24, 2.45) is 5.41 Å². The maximum absolute atomic E-state index is 14.3. The Kier molecular flexibility index (Phi) is 5.74. The van der Waals surface area contributed by atoms with Crippen LogP contribution in [0.25, 0.3) is 0 Å². The molecule has 0 spiro atoms. The van der Waals surface area contributed by atoms with Crippen molar-refractivity contribution in [1.29, 1.82) is 0 Å². The molecule has 1 N–H and O–H groups in total. The number of nitrogens with one attached hydrogen (secondary N) is 1. The first-order chi connectivity index (χ1) is 9.54. The average molecular weight is 298 g/mol. The molecule has 0 aliphatic heterocycles. The largest absolute Gasteiger partial charge is 0.367 e. The molecule has 0 aromatic heterocycles. The SMILES string of the molecule is CC(C)NCc1cc(F)c(N(C)C(C)C(C)(C)C)c(F)c1. The zero-order valence-corrected chi connectivity index (χ0v) is 14.2. The number of rotatable bonds is 5. The van der Waals surface area contributed by atoms with Gasteiger partial charge in [0.2, 0.25) is 0 Å². The molecular formula is C17H28F2N2. The normalized spacial score (nSPS) is 13.6. The van der Waals surface area contributed by atoms with Gasteiger partial charge in [0.05, 0.1) is 0 Å². The van der Waals surface area contributed by atoms with Crippen LogP contribution in [0.5, 0.6) is 0 Å². The lowest BCUT2D eigenvalue weighted by Gasteiger charge is -2.37. The molecule has 1 unspecified atom stereocenters. The number of halogens is 2. The molecule has 0 saturated heterocycles. The molecular weight excluding hydrogens is 270 g/mol. The fourth-order valence-electron chi connectivity index (χ4n) is 2.15. The molecule has 0 aliphatic rings. The van der Waals surface area contributed by atoms with Gasteiger partial charge in [-0.2, -0.15) is 0 Å². The van der Waals surface area contributed by atoms with E-state index in [-0.39, 0.29) is 23.2 Å². The molecule has 120 valence electrons. The van der Waals surface area contributed by atoms with E-state index in [0.717, 1.165) is 0 Å². The van der Waals surface area contributed by atoms with Crippen molar-refractivity contribution < 1.29 is 8.78 Å². The molecule has 21 heavy (non-hydrogen) atoms. The van der Waals surface area contributed by atoms with Gasteiger partial charge in [0, 0.05) is 25.7 Å². The van der Waals surface area contributed by atoms with Crippen LogP contribution in [0.2, 0.25) is 0 Å².